The van der Waals surface area contributed by atoms with Gasteiger partial charge in [0.25, 0.3) is 0 Å². The first kappa shape index (κ1) is 33.4. The van der Waals surface area contributed by atoms with Crippen LogP contribution in [0.25, 0.3) is 0 Å². The van der Waals surface area contributed by atoms with Crippen molar-refractivity contribution in [2.75, 3.05) is 6.16 Å². The van der Waals surface area contributed by atoms with Crippen molar-refractivity contribution in [3.63, 3.8) is 0 Å². The van der Waals surface area contributed by atoms with Gasteiger partial charge in [0.2, 0.25) is 5.91 Å². The molecule has 0 aromatic heterocycles. The number of nitrogens with one attached hydrogen (secondary N) is 1. The predicted molar refractivity (Wildman–Crippen MR) is 54.0 cm³/mol. The Hall–Kier alpha value is 3.77. The van der Waals surface area contributed by atoms with E-state index in [1.807, 2.05) is 5.32 Å². The van der Waals surface area contributed by atoms with E-state index < -0.39 is 39.0 Å². The zero-order valence-corrected chi connectivity index (χ0v) is 23.2. The fraction of sp³-hybridized carbons (Fsp3) is 0.875. The Balaban J connectivity index is -0.000000405. The maximum absolute atomic E-state index is 11.2. The monoisotopic (exact) mass is 389 g/mol. The fourth-order valence-electron chi connectivity index (χ4n) is 2.11. The first-order valence-corrected chi connectivity index (χ1v) is 8.76. The van der Waals surface area contributed by atoms with E-state index >= 15 is 0 Å². The number of amides is 1. The van der Waals surface area contributed by atoms with Gasteiger partial charge in [-0.2, -0.15) is 0 Å². The van der Waals surface area contributed by atoms with Gasteiger partial charge in [-0.1, -0.05) is 20.4 Å². The Morgan fingerprint density at radius 2 is 1.41 bits per heavy atom. The Kier molecular flexibility index (Phi) is 22.4. The van der Waals surface area contributed by atoms with Gasteiger partial charge in [0.05, 0.1) is 11.9 Å². The van der Waals surface area contributed by atoms with E-state index in [1.54, 1.807) is 0 Å². The molecule has 22 heavy (non-hydrogen) atoms. The molecule has 14 heteroatoms. The largest absolute Gasteiger partial charge is 1.00 e. The summed E-state index contributed by atoms with van der Waals surface area (Å²) in [4.78, 5) is 54.1. The third-order valence-corrected chi connectivity index (χ3v) is 4.74. The van der Waals surface area contributed by atoms with E-state index in [0.29, 0.717) is 12.8 Å². The van der Waals surface area contributed by atoms with E-state index in [1.165, 1.54) is 0 Å². The number of carbonyl (C=O) groups excluding carboxylic acids is 1. The van der Waals surface area contributed by atoms with Crippen molar-refractivity contribution >= 4 is 21.1 Å². The van der Waals surface area contributed by atoms with Crippen molar-refractivity contribution < 1.29 is 152 Å². The van der Waals surface area contributed by atoms with Gasteiger partial charge in [0.15, 0.2) is 0 Å². The summed E-state index contributed by atoms with van der Waals surface area (Å²) >= 11 is 0. The molecule has 0 aromatic carbocycles. The number of hydrogen-bond donors (Lipinski definition) is 1. The molecule has 0 saturated heterocycles. The van der Waals surface area contributed by atoms with Gasteiger partial charge in [0, 0.05) is 0 Å². The van der Waals surface area contributed by atoms with Gasteiger partial charge in [-0.15, -0.1) is 0 Å². The Bertz CT molecular complexity index is 409. The van der Waals surface area contributed by atoms with Crippen LogP contribution >= 0.6 is 15.2 Å². The molecule has 0 heterocycles. The van der Waals surface area contributed by atoms with E-state index in [2.05, 4.69) is 0 Å². The number of carbonyl (C=O) groups is 1. The third-order valence-electron chi connectivity index (χ3n) is 2.83. The molecule has 0 radical (unpaired) electrons. The van der Waals surface area contributed by atoms with Gasteiger partial charge >= 0.3 is 118 Å². The molecule has 106 valence electrons. The molecule has 1 aliphatic rings. The summed E-state index contributed by atoms with van der Waals surface area (Å²) < 4.78 is 21.4. The summed E-state index contributed by atoms with van der Waals surface area (Å²) in [6.07, 6.45) is 1.12. The molecule has 1 atom stereocenters. The van der Waals surface area contributed by atoms with Crippen molar-refractivity contribution in [3.8, 4) is 0 Å². The Morgan fingerprint density at radius 3 is 1.73 bits per heavy atom. The summed E-state index contributed by atoms with van der Waals surface area (Å²) in [5, 5.41) is 1.86. The first-order valence-electron chi connectivity index (χ1n) is 5.42. The molecule has 0 aromatic rings. The second-order valence-corrected chi connectivity index (χ2v) is 7.54. The molecule has 8 nitrogen and oxygen atoms in total. The van der Waals surface area contributed by atoms with Gasteiger partial charge in [0.1, 0.15) is 0 Å². The molecule has 1 unspecified atom stereocenters. The number of hydrogen-bond acceptors (Lipinski definition) is 7. The average Bonchev–Trinajstić information content (AvgIpc) is 2.61. The molecule has 1 aliphatic carbocycles. The quantitative estimate of drug-likeness (QED) is 0.362. The van der Waals surface area contributed by atoms with Crippen LogP contribution in [0.1, 0.15) is 25.7 Å². The van der Waals surface area contributed by atoms with Crippen LogP contribution in [0.5, 0.6) is 0 Å². The van der Waals surface area contributed by atoms with Crippen molar-refractivity contribution in [1.29, 1.82) is 0 Å². The maximum atomic E-state index is 11.2. The second kappa shape index (κ2) is 14.8. The summed E-state index contributed by atoms with van der Waals surface area (Å²) in [6.45, 7) is 0. The molecule has 1 amide bonds. The smallest absolute Gasteiger partial charge is 0.810 e. The van der Waals surface area contributed by atoms with Crippen LogP contribution < -0.4 is 143 Å². The maximum Gasteiger partial charge on any atom is 1.00 e. The molecule has 0 spiro atoms. The molecular weight excluding hydrogens is 376 g/mol. The van der Waals surface area contributed by atoms with Crippen molar-refractivity contribution in [2.45, 2.75) is 31.5 Å². The minimum atomic E-state index is -5.07. The summed E-state index contributed by atoms with van der Waals surface area (Å²) in [5.41, 5.74) is 0. The summed E-state index contributed by atoms with van der Waals surface area (Å²) in [6, 6.07) is 0. The van der Waals surface area contributed by atoms with Gasteiger partial charge in [-0.25, -0.2) is 0 Å². The normalized spacial score (nSPS) is 16.2. The van der Waals surface area contributed by atoms with E-state index in [0.717, 1.165) is 12.8 Å². The van der Waals surface area contributed by atoms with Gasteiger partial charge in [-0.05, 0) is 26.4 Å². The average molecular weight is 389 g/mol. The van der Waals surface area contributed by atoms with Crippen LogP contribution in [0.4, 0.5) is 0 Å². The van der Waals surface area contributed by atoms with Gasteiger partial charge < -0.3 is 34.0 Å². The van der Waals surface area contributed by atoms with E-state index in [-0.39, 0.29) is 118 Å². The third kappa shape index (κ3) is 13.9. The molecular formula is C8H13NNa4O7P2. The molecule has 1 rings (SSSR count). The zero-order chi connectivity index (χ0) is 14.0. The molecule has 0 bridgehead atoms. The van der Waals surface area contributed by atoms with Crippen LogP contribution in [0, 0.1) is 5.92 Å². The molecule has 1 saturated carbocycles. The molecule has 0 aliphatic heterocycles. The molecule has 1 fully saturated rings. The molecule has 1 N–H and O–H groups in total. The number of rotatable bonds is 5. The predicted octanol–water partition coefficient (Wildman–Crippen LogP) is -14.5. The van der Waals surface area contributed by atoms with Crippen molar-refractivity contribution in [2.24, 2.45) is 5.92 Å². The topological polar surface area (TPSA) is 155 Å². The minimum Gasteiger partial charge on any atom is -0.810 e. The second-order valence-electron chi connectivity index (χ2n) is 4.37. The first-order chi connectivity index (χ1) is 8.09. The van der Waals surface area contributed by atoms with Gasteiger partial charge in [-0.3, -0.25) is 4.79 Å². The van der Waals surface area contributed by atoms with Crippen LogP contribution in [0.15, 0.2) is 0 Å². The standard InChI is InChI=1S/C8H17NO7P2.4Na/c10-7(5-17(11,12)13)9-8(18(14,15)16)6-3-1-2-4-6;;;;/h6,8H,1-5H2,(H,9,10)(H2,11,12,13)(H2,14,15,16);;;;/q;4*+1/p-4. The fourth-order valence-corrected chi connectivity index (χ4v) is 3.67. The van der Waals surface area contributed by atoms with E-state index in [4.69, 9.17) is 0 Å². The Labute approximate surface area is 218 Å². The minimum absolute atomic E-state index is 0. The van der Waals surface area contributed by atoms with E-state index in [9.17, 15) is 33.5 Å². The SMILES string of the molecule is O=C(CP(=O)([O-])[O-])NC(C1CCCC1)P(=O)([O-])[O-].[Na+].[Na+].[Na+].[Na+]. The van der Waals surface area contributed by atoms with Crippen molar-refractivity contribution in [3.05, 3.63) is 0 Å². The zero-order valence-electron chi connectivity index (χ0n) is 13.4. The summed E-state index contributed by atoms with van der Waals surface area (Å²) in [7, 11) is -10.1. The van der Waals surface area contributed by atoms with Crippen LogP contribution in [0.3, 0.4) is 0 Å². The summed E-state index contributed by atoms with van der Waals surface area (Å²) in [5.74, 6) is -3.38. The van der Waals surface area contributed by atoms with Crippen molar-refractivity contribution in [1.82, 2.24) is 5.32 Å². The van der Waals surface area contributed by atoms with Crippen LogP contribution in [-0.2, 0) is 13.9 Å². The van der Waals surface area contributed by atoms with Crippen LogP contribution in [-0.4, -0.2) is 17.9 Å². The Morgan fingerprint density at radius 1 is 1.00 bits per heavy atom. The van der Waals surface area contributed by atoms with Crippen LogP contribution in [0.2, 0.25) is 0 Å².